The van der Waals surface area contributed by atoms with Crippen molar-refractivity contribution in [1.29, 1.82) is 0 Å². The number of hydrogen-bond donors (Lipinski definition) is 1. The minimum absolute atomic E-state index is 0.112. The van der Waals surface area contributed by atoms with Gasteiger partial charge >= 0.3 is 0 Å². The van der Waals surface area contributed by atoms with Crippen LogP contribution in [-0.4, -0.2) is 19.1 Å². The normalized spacial score (nSPS) is 11.2. The van der Waals surface area contributed by atoms with Gasteiger partial charge in [-0.1, -0.05) is 55.8 Å². The van der Waals surface area contributed by atoms with Crippen molar-refractivity contribution in [3.05, 3.63) is 70.2 Å². The van der Waals surface area contributed by atoms with Crippen LogP contribution < -0.4 is 10.1 Å². The zero-order valence-corrected chi connectivity index (χ0v) is 16.1. The van der Waals surface area contributed by atoms with Gasteiger partial charge in [-0.15, -0.1) is 0 Å². The zero-order valence-electron chi connectivity index (χ0n) is 14.5. The molecule has 0 saturated heterocycles. The summed E-state index contributed by atoms with van der Waals surface area (Å²) in [6, 6.07) is 17.8. The first kappa shape index (κ1) is 19.3. The molecule has 0 aromatic heterocycles. The van der Waals surface area contributed by atoms with Crippen LogP contribution in [0.1, 0.15) is 30.9 Å². The van der Waals surface area contributed by atoms with Gasteiger partial charge in [0, 0.05) is 6.54 Å². The molecule has 0 atom stereocenters. The van der Waals surface area contributed by atoms with Crippen LogP contribution >= 0.6 is 15.9 Å². The molecule has 0 saturated carbocycles. The molecule has 0 aliphatic rings. The molecular weight excluding hydrogens is 378 g/mol. The first-order valence-corrected chi connectivity index (χ1v) is 9.40. The zero-order chi connectivity index (χ0) is 17.9. The van der Waals surface area contributed by atoms with Crippen molar-refractivity contribution >= 4 is 27.9 Å². The molecule has 2 rings (SSSR count). The van der Waals surface area contributed by atoms with E-state index >= 15 is 0 Å². The number of hydrogen-bond acceptors (Lipinski definition) is 2. The minimum atomic E-state index is -0.112. The van der Waals surface area contributed by atoms with Crippen molar-refractivity contribution in [3.63, 3.8) is 0 Å². The molecule has 0 aliphatic carbocycles. The second-order valence-corrected chi connectivity index (χ2v) is 6.61. The summed E-state index contributed by atoms with van der Waals surface area (Å²) in [4.78, 5) is 12.1. The lowest BCUT2D eigenvalue weighted by Gasteiger charge is -2.08. The van der Waals surface area contributed by atoms with E-state index in [1.165, 1.54) is 0 Å². The van der Waals surface area contributed by atoms with E-state index in [1.54, 1.807) is 0 Å². The lowest BCUT2D eigenvalue weighted by Crippen LogP contribution is -2.25. The van der Waals surface area contributed by atoms with Crippen molar-refractivity contribution in [2.75, 3.05) is 13.2 Å². The highest BCUT2D eigenvalue weighted by Crippen LogP contribution is 2.15. The quantitative estimate of drug-likeness (QED) is 0.476. The Morgan fingerprint density at radius 1 is 1.16 bits per heavy atom. The molecule has 1 amide bonds. The Balaban J connectivity index is 1.81. The standard InChI is InChI=1S/C21H24BrNO2/c1-2-3-14-25-19-11-7-10-18(15-19)12-13-23-21(24)20(22)16-17-8-5-4-6-9-17/h4-11,15-16H,2-3,12-14H2,1H3,(H,23,24)/b20-16-. The lowest BCUT2D eigenvalue weighted by molar-refractivity contribution is -0.116. The summed E-state index contributed by atoms with van der Waals surface area (Å²) in [7, 11) is 0. The van der Waals surface area contributed by atoms with Crippen LogP contribution in [0.15, 0.2) is 59.1 Å². The summed E-state index contributed by atoms with van der Waals surface area (Å²) in [5.74, 6) is 0.779. The van der Waals surface area contributed by atoms with E-state index in [0.29, 0.717) is 11.0 Å². The van der Waals surface area contributed by atoms with Crippen molar-refractivity contribution < 1.29 is 9.53 Å². The molecule has 3 nitrogen and oxygen atoms in total. The van der Waals surface area contributed by atoms with Gasteiger partial charge < -0.3 is 10.1 Å². The molecule has 0 radical (unpaired) electrons. The van der Waals surface area contributed by atoms with E-state index < -0.39 is 0 Å². The van der Waals surface area contributed by atoms with E-state index in [1.807, 2.05) is 60.7 Å². The third-order valence-electron chi connectivity index (χ3n) is 3.67. The number of nitrogens with one attached hydrogen (secondary N) is 1. The SMILES string of the molecule is CCCCOc1cccc(CCNC(=O)/C(Br)=C/c2ccccc2)c1. The van der Waals surface area contributed by atoms with Gasteiger partial charge in [-0.2, -0.15) is 0 Å². The Morgan fingerprint density at radius 3 is 2.72 bits per heavy atom. The average molecular weight is 402 g/mol. The fraction of sp³-hybridized carbons (Fsp3) is 0.286. The van der Waals surface area contributed by atoms with E-state index in [4.69, 9.17) is 4.74 Å². The number of unbranched alkanes of at least 4 members (excludes halogenated alkanes) is 1. The Morgan fingerprint density at radius 2 is 1.96 bits per heavy atom. The molecule has 0 unspecified atom stereocenters. The summed E-state index contributed by atoms with van der Waals surface area (Å²) < 4.78 is 6.24. The highest BCUT2D eigenvalue weighted by molar-refractivity contribution is 9.12. The summed E-state index contributed by atoms with van der Waals surface area (Å²) in [5, 5.41) is 2.93. The summed E-state index contributed by atoms with van der Waals surface area (Å²) in [5.41, 5.74) is 2.14. The monoisotopic (exact) mass is 401 g/mol. The Kier molecular flexibility index (Phi) is 8.26. The fourth-order valence-corrected chi connectivity index (χ4v) is 2.70. The van der Waals surface area contributed by atoms with Gasteiger partial charge in [0.25, 0.3) is 5.91 Å². The van der Waals surface area contributed by atoms with Crippen LogP contribution in [0, 0.1) is 0 Å². The molecule has 0 fully saturated rings. The Hall–Kier alpha value is -2.07. The van der Waals surface area contributed by atoms with Crippen molar-refractivity contribution in [2.45, 2.75) is 26.2 Å². The van der Waals surface area contributed by atoms with Gasteiger partial charge in [0.2, 0.25) is 0 Å². The third-order valence-corrected chi connectivity index (χ3v) is 4.26. The maximum Gasteiger partial charge on any atom is 0.258 e. The van der Waals surface area contributed by atoms with Gasteiger partial charge in [0.05, 0.1) is 11.1 Å². The number of halogens is 1. The predicted molar refractivity (Wildman–Crippen MR) is 107 cm³/mol. The lowest BCUT2D eigenvalue weighted by atomic mass is 10.1. The summed E-state index contributed by atoms with van der Waals surface area (Å²) in [6.45, 7) is 3.47. The van der Waals surface area contributed by atoms with E-state index in [9.17, 15) is 4.79 Å². The molecule has 2 aromatic rings. The third kappa shape index (κ3) is 7.14. The minimum Gasteiger partial charge on any atom is -0.494 e. The van der Waals surface area contributed by atoms with Gasteiger partial charge in [-0.3, -0.25) is 4.79 Å². The van der Waals surface area contributed by atoms with Crippen molar-refractivity contribution in [1.82, 2.24) is 5.32 Å². The number of ether oxygens (including phenoxy) is 1. The number of rotatable bonds is 9. The molecular formula is C21H24BrNO2. The van der Waals surface area contributed by atoms with Crippen LogP contribution in [0.2, 0.25) is 0 Å². The molecule has 132 valence electrons. The maximum atomic E-state index is 12.1. The van der Waals surface area contributed by atoms with Crippen molar-refractivity contribution in [2.24, 2.45) is 0 Å². The van der Waals surface area contributed by atoms with Crippen LogP contribution in [-0.2, 0) is 11.2 Å². The van der Waals surface area contributed by atoms with Gasteiger partial charge in [-0.25, -0.2) is 0 Å². The van der Waals surface area contributed by atoms with Gasteiger partial charge in [-0.05, 0) is 58.1 Å². The topological polar surface area (TPSA) is 38.3 Å². The summed E-state index contributed by atoms with van der Waals surface area (Å²) in [6.07, 6.45) is 4.76. The predicted octanol–water partition coefficient (Wildman–Crippen LogP) is 4.96. The molecule has 2 aromatic carbocycles. The molecule has 0 bridgehead atoms. The van der Waals surface area contributed by atoms with Crippen LogP contribution in [0.25, 0.3) is 6.08 Å². The molecule has 0 spiro atoms. The second-order valence-electron chi connectivity index (χ2n) is 5.76. The van der Waals surface area contributed by atoms with Crippen LogP contribution in [0.3, 0.4) is 0 Å². The molecule has 1 N–H and O–H groups in total. The maximum absolute atomic E-state index is 12.1. The van der Waals surface area contributed by atoms with Crippen LogP contribution in [0.5, 0.6) is 5.75 Å². The molecule has 4 heteroatoms. The Labute approximate surface area is 158 Å². The van der Waals surface area contributed by atoms with E-state index in [2.05, 4.69) is 28.2 Å². The number of carbonyl (C=O) groups is 1. The van der Waals surface area contributed by atoms with E-state index in [-0.39, 0.29) is 5.91 Å². The smallest absolute Gasteiger partial charge is 0.258 e. The number of benzene rings is 2. The van der Waals surface area contributed by atoms with Gasteiger partial charge in [0.1, 0.15) is 5.75 Å². The first-order chi connectivity index (χ1) is 12.2. The van der Waals surface area contributed by atoms with Crippen molar-refractivity contribution in [3.8, 4) is 5.75 Å². The summed E-state index contributed by atoms with van der Waals surface area (Å²) >= 11 is 3.34. The highest BCUT2D eigenvalue weighted by Gasteiger charge is 2.06. The number of carbonyl (C=O) groups excluding carboxylic acids is 1. The van der Waals surface area contributed by atoms with E-state index in [0.717, 1.165) is 42.7 Å². The fourth-order valence-electron chi connectivity index (χ4n) is 2.29. The first-order valence-electron chi connectivity index (χ1n) is 8.61. The average Bonchev–Trinajstić information content (AvgIpc) is 2.63. The molecule has 25 heavy (non-hydrogen) atoms. The van der Waals surface area contributed by atoms with Crippen LogP contribution in [0.4, 0.5) is 0 Å². The number of amides is 1. The Bertz CT molecular complexity index is 698. The van der Waals surface area contributed by atoms with Gasteiger partial charge in [0.15, 0.2) is 0 Å². The largest absolute Gasteiger partial charge is 0.494 e. The molecule has 0 heterocycles. The molecule has 0 aliphatic heterocycles. The highest BCUT2D eigenvalue weighted by atomic mass is 79.9. The second kappa shape index (κ2) is 10.7.